The van der Waals surface area contributed by atoms with Crippen LogP contribution in [-0.4, -0.2) is 30.2 Å². The molecular formula is C15H20ClN2O2Si. The normalized spacial score (nSPS) is 12.0. The molecule has 0 bridgehead atoms. The van der Waals surface area contributed by atoms with Gasteiger partial charge < -0.3 is 4.74 Å². The average molecular weight is 324 g/mol. The topological polar surface area (TPSA) is 44.1 Å². The standard InChI is InChI=1S/C15H20ClN2O2Si/c1-11(19)12-7-14(16)13-9-18(17-15(13)8-12)10-20-5-6-21(2,3)4/h7,9H,5-6,10H2,1-4H3. The molecule has 6 heteroatoms. The van der Waals surface area contributed by atoms with E-state index in [9.17, 15) is 4.79 Å². The third-order valence-corrected chi connectivity index (χ3v) is 5.16. The summed E-state index contributed by atoms with van der Waals surface area (Å²) < 4.78 is 7.35. The van der Waals surface area contributed by atoms with Crippen molar-refractivity contribution in [2.75, 3.05) is 6.61 Å². The maximum Gasteiger partial charge on any atom is 0.160 e. The van der Waals surface area contributed by atoms with Crippen LogP contribution in [0.5, 0.6) is 0 Å². The van der Waals surface area contributed by atoms with Crippen molar-refractivity contribution < 1.29 is 9.53 Å². The maximum atomic E-state index is 11.4. The second kappa shape index (κ2) is 6.30. The number of halogens is 1. The maximum absolute atomic E-state index is 11.4. The van der Waals surface area contributed by atoms with Gasteiger partial charge in [-0.1, -0.05) is 31.2 Å². The molecule has 0 fully saturated rings. The van der Waals surface area contributed by atoms with Gasteiger partial charge in [-0.2, -0.15) is 5.10 Å². The van der Waals surface area contributed by atoms with E-state index in [0.717, 1.165) is 18.0 Å². The molecule has 0 aliphatic carbocycles. The molecule has 1 heterocycles. The van der Waals surface area contributed by atoms with Crippen LogP contribution in [0.3, 0.4) is 0 Å². The number of nitrogens with zero attached hydrogens (tertiary/aromatic N) is 2. The van der Waals surface area contributed by atoms with Gasteiger partial charge in [0, 0.05) is 37.9 Å². The van der Waals surface area contributed by atoms with Crippen LogP contribution in [0.1, 0.15) is 17.3 Å². The van der Waals surface area contributed by atoms with Crippen LogP contribution in [0, 0.1) is 6.07 Å². The highest BCUT2D eigenvalue weighted by molar-refractivity contribution is 6.76. The Hall–Kier alpha value is -1.17. The smallest absolute Gasteiger partial charge is 0.160 e. The summed E-state index contributed by atoms with van der Waals surface area (Å²) in [7, 11) is -1.08. The molecule has 0 amide bonds. The van der Waals surface area contributed by atoms with E-state index in [-0.39, 0.29) is 5.78 Å². The van der Waals surface area contributed by atoms with E-state index in [0.29, 0.717) is 22.8 Å². The summed E-state index contributed by atoms with van der Waals surface area (Å²) in [6, 6.07) is 5.74. The van der Waals surface area contributed by atoms with Gasteiger partial charge in [-0.05, 0) is 19.0 Å². The van der Waals surface area contributed by atoms with Crippen LogP contribution in [0.15, 0.2) is 12.3 Å². The lowest BCUT2D eigenvalue weighted by Gasteiger charge is -2.15. The fourth-order valence-electron chi connectivity index (χ4n) is 1.85. The Kier molecular flexibility index (Phi) is 4.86. The Morgan fingerprint density at radius 1 is 1.48 bits per heavy atom. The molecule has 113 valence electrons. The van der Waals surface area contributed by atoms with Gasteiger partial charge >= 0.3 is 0 Å². The molecule has 0 N–H and O–H groups in total. The molecule has 0 aliphatic rings. The number of benzene rings is 1. The number of ether oxygens (including phenoxy) is 1. The van der Waals surface area contributed by atoms with Crippen LogP contribution in [-0.2, 0) is 11.5 Å². The highest BCUT2D eigenvalue weighted by Gasteiger charge is 2.13. The van der Waals surface area contributed by atoms with Crippen LogP contribution in [0.2, 0.25) is 30.7 Å². The molecule has 0 aliphatic heterocycles. The van der Waals surface area contributed by atoms with Crippen molar-refractivity contribution in [2.45, 2.75) is 39.3 Å². The fraction of sp³-hybridized carbons (Fsp3) is 0.467. The molecule has 1 aromatic heterocycles. The van der Waals surface area contributed by atoms with E-state index in [4.69, 9.17) is 16.3 Å². The number of rotatable bonds is 6. The molecule has 0 spiro atoms. The second-order valence-corrected chi connectivity index (χ2v) is 12.4. The van der Waals surface area contributed by atoms with Gasteiger partial charge in [0.25, 0.3) is 0 Å². The molecule has 4 nitrogen and oxygen atoms in total. The Morgan fingerprint density at radius 2 is 2.19 bits per heavy atom. The third-order valence-electron chi connectivity index (χ3n) is 3.14. The number of aromatic nitrogens is 2. The minimum Gasteiger partial charge on any atom is -0.360 e. The zero-order valence-corrected chi connectivity index (χ0v) is 14.6. The molecule has 0 saturated carbocycles. The van der Waals surface area contributed by atoms with Crippen molar-refractivity contribution in [1.29, 1.82) is 0 Å². The number of carbonyl (C=O) groups excluding carboxylic acids is 1. The van der Waals surface area contributed by atoms with Crippen LogP contribution in [0.4, 0.5) is 0 Å². The van der Waals surface area contributed by atoms with Crippen molar-refractivity contribution >= 4 is 36.4 Å². The summed E-state index contributed by atoms with van der Waals surface area (Å²) >= 11 is 6.18. The monoisotopic (exact) mass is 323 g/mol. The summed E-state index contributed by atoms with van der Waals surface area (Å²) in [5, 5.41) is 5.66. The molecule has 1 radical (unpaired) electrons. The minimum atomic E-state index is -1.08. The number of hydrogen-bond acceptors (Lipinski definition) is 3. The Morgan fingerprint density at radius 3 is 2.81 bits per heavy atom. The number of fused-ring (bicyclic) bond motifs is 1. The molecule has 0 saturated heterocycles. The number of Topliss-reactive ketones (excluding diaryl/α,β-unsaturated/α-hetero) is 1. The van der Waals surface area contributed by atoms with Crippen molar-refractivity contribution in [3.8, 4) is 0 Å². The van der Waals surface area contributed by atoms with Gasteiger partial charge in [0.2, 0.25) is 0 Å². The molecule has 2 aromatic rings. The SMILES string of the molecule is CC(=O)c1[c]c2nn(COCC[Si](C)(C)C)cc2c(Cl)c1. The zero-order chi connectivity index (χ0) is 15.6. The van der Waals surface area contributed by atoms with Crippen molar-refractivity contribution in [3.63, 3.8) is 0 Å². The van der Waals surface area contributed by atoms with E-state index < -0.39 is 8.07 Å². The Balaban J connectivity index is 2.09. The lowest BCUT2D eigenvalue weighted by Crippen LogP contribution is -2.22. The van der Waals surface area contributed by atoms with Gasteiger partial charge in [0.15, 0.2) is 5.78 Å². The van der Waals surface area contributed by atoms with Gasteiger partial charge in [-0.25, -0.2) is 4.68 Å². The molecule has 0 atom stereocenters. The van der Waals surface area contributed by atoms with E-state index >= 15 is 0 Å². The number of ketones is 1. The summed E-state index contributed by atoms with van der Waals surface area (Å²) in [5.41, 5.74) is 1.05. The first kappa shape index (κ1) is 16.2. The Labute approximate surface area is 131 Å². The predicted molar refractivity (Wildman–Crippen MR) is 87.7 cm³/mol. The summed E-state index contributed by atoms with van der Waals surface area (Å²) in [5.74, 6) is -0.0697. The number of carbonyl (C=O) groups is 1. The van der Waals surface area contributed by atoms with Gasteiger partial charge in [-0.3, -0.25) is 4.79 Å². The zero-order valence-electron chi connectivity index (χ0n) is 12.9. The molecule has 21 heavy (non-hydrogen) atoms. The van der Waals surface area contributed by atoms with Gasteiger partial charge in [0.05, 0.1) is 5.02 Å². The summed E-state index contributed by atoms with van der Waals surface area (Å²) in [6.45, 7) is 9.56. The summed E-state index contributed by atoms with van der Waals surface area (Å²) in [6.07, 6.45) is 1.83. The predicted octanol–water partition coefficient (Wildman–Crippen LogP) is 4.00. The van der Waals surface area contributed by atoms with Crippen molar-refractivity contribution in [2.24, 2.45) is 0 Å². The first-order valence-corrected chi connectivity index (χ1v) is 11.0. The van der Waals surface area contributed by atoms with Crippen LogP contribution < -0.4 is 0 Å². The summed E-state index contributed by atoms with van der Waals surface area (Å²) in [4.78, 5) is 11.4. The largest absolute Gasteiger partial charge is 0.360 e. The first-order chi connectivity index (χ1) is 9.76. The molecule has 2 rings (SSSR count). The Bertz CT molecular complexity index is 661. The van der Waals surface area contributed by atoms with Gasteiger partial charge in [-0.15, -0.1) is 0 Å². The quantitative estimate of drug-likeness (QED) is 0.458. The first-order valence-electron chi connectivity index (χ1n) is 6.94. The third kappa shape index (κ3) is 4.39. The van der Waals surface area contributed by atoms with Crippen LogP contribution in [0.25, 0.3) is 10.9 Å². The highest BCUT2D eigenvalue weighted by atomic mass is 35.5. The molecule has 0 unspecified atom stereocenters. The minimum absolute atomic E-state index is 0.0697. The number of hydrogen-bond donors (Lipinski definition) is 0. The van der Waals surface area contributed by atoms with Crippen LogP contribution >= 0.6 is 11.6 Å². The fourth-order valence-corrected chi connectivity index (χ4v) is 2.85. The van der Waals surface area contributed by atoms with E-state index in [1.54, 1.807) is 10.7 Å². The van der Waals surface area contributed by atoms with Crippen molar-refractivity contribution in [1.82, 2.24) is 9.78 Å². The lowest BCUT2D eigenvalue weighted by atomic mass is 10.1. The van der Waals surface area contributed by atoms with E-state index in [2.05, 4.69) is 30.8 Å². The average Bonchev–Trinajstić information content (AvgIpc) is 2.77. The molecular weight excluding hydrogens is 304 g/mol. The lowest BCUT2D eigenvalue weighted by molar-refractivity contribution is 0.0791. The van der Waals surface area contributed by atoms with E-state index in [1.165, 1.54) is 6.92 Å². The van der Waals surface area contributed by atoms with Crippen molar-refractivity contribution in [3.05, 3.63) is 28.9 Å². The van der Waals surface area contributed by atoms with Gasteiger partial charge in [0.1, 0.15) is 12.2 Å². The molecule has 1 aromatic carbocycles. The second-order valence-electron chi connectivity index (χ2n) is 6.37. The highest BCUT2D eigenvalue weighted by Crippen LogP contribution is 2.24. The van der Waals surface area contributed by atoms with E-state index in [1.807, 2.05) is 6.20 Å².